The summed E-state index contributed by atoms with van der Waals surface area (Å²) in [5.41, 5.74) is 0.711. The molecule has 2 rings (SSSR count). The van der Waals surface area contributed by atoms with Crippen LogP contribution >= 0.6 is 0 Å². The molecule has 52 heavy (non-hydrogen) atoms. The summed E-state index contributed by atoms with van der Waals surface area (Å²) in [7, 11) is 6.60. The van der Waals surface area contributed by atoms with Crippen molar-refractivity contribution in [3.63, 3.8) is 0 Å². The van der Waals surface area contributed by atoms with Crippen molar-refractivity contribution in [2.75, 3.05) is 34.9 Å². The number of hydrogen-bond acceptors (Lipinski definition) is 8. The summed E-state index contributed by atoms with van der Waals surface area (Å²) in [5.74, 6) is -1.54. The molecule has 4 N–H and O–H groups in total. The summed E-state index contributed by atoms with van der Waals surface area (Å²) in [5, 5.41) is 19.9. The SMILES string of the molecule is CC[C@H](C)[C@@H]([C@@H](CC(=O)N1CCC[C@H]1[C@H](OC)[C@@H](C)C(=O)N[C@H](C)[C@@H](O)c1ccccc1)OC)N(C)C(=O)[C@@H](NC(=O)[C@H](NC)C(C)C)[C@@H](C)CC. The Balaban J connectivity index is 2.26. The fourth-order valence-electron chi connectivity index (χ4n) is 7.59. The first kappa shape index (κ1) is 45.1. The summed E-state index contributed by atoms with van der Waals surface area (Å²) < 4.78 is 11.9. The van der Waals surface area contributed by atoms with Crippen molar-refractivity contribution in [1.29, 1.82) is 0 Å². The van der Waals surface area contributed by atoms with Crippen molar-refractivity contribution < 1.29 is 33.8 Å². The van der Waals surface area contributed by atoms with Gasteiger partial charge in [0, 0.05) is 27.8 Å². The lowest BCUT2D eigenvalue weighted by Crippen LogP contribution is -2.60. The Kier molecular flexibility index (Phi) is 18.7. The number of likely N-dealkylation sites (N-methyl/N-ethyl adjacent to an activating group) is 2. The molecule has 12 nitrogen and oxygen atoms in total. The predicted molar refractivity (Wildman–Crippen MR) is 204 cm³/mol. The molecule has 0 radical (unpaired) electrons. The lowest BCUT2D eigenvalue weighted by atomic mass is 9.89. The fraction of sp³-hybridized carbons (Fsp3) is 0.750. The van der Waals surface area contributed by atoms with E-state index in [-0.39, 0.29) is 53.8 Å². The molecule has 0 bridgehead atoms. The lowest BCUT2D eigenvalue weighted by molar-refractivity contribution is -0.148. The molecule has 1 fully saturated rings. The minimum atomic E-state index is -0.876. The number of aliphatic hydroxyl groups is 1. The highest BCUT2D eigenvalue weighted by molar-refractivity contribution is 5.90. The fourth-order valence-corrected chi connectivity index (χ4v) is 7.59. The van der Waals surface area contributed by atoms with Gasteiger partial charge in [0.2, 0.25) is 23.6 Å². The predicted octanol–water partition coefficient (Wildman–Crippen LogP) is 3.92. The third kappa shape index (κ3) is 11.5. The summed E-state index contributed by atoms with van der Waals surface area (Å²) >= 11 is 0. The molecule has 12 heteroatoms. The van der Waals surface area contributed by atoms with E-state index in [4.69, 9.17) is 9.47 Å². The van der Waals surface area contributed by atoms with Gasteiger partial charge in [0.15, 0.2) is 0 Å². The first-order chi connectivity index (χ1) is 24.6. The average molecular weight is 732 g/mol. The summed E-state index contributed by atoms with van der Waals surface area (Å²) in [6, 6.07) is 6.69. The molecule has 0 spiro atoms. The minimum absolute atomic E-state index is 0.0150. The summed E-state index contributed by atoms with van der Waals surface area (Å²) in [6.07, 6.45) is 0.841. The molecule has 1 aromatic carbocycles. The number of carbonyl (C=O) groups is 4. The van der Waals surface area contributed by atoms with E-state index in [9.17, 15) is 24.3 Å². The van der Waals surface area contributed by atoms with Gasteiger partial charge >= 0.3 is 0 Å². The van der Waals surface area contributed by atoms with Crippen molar-refractivity contribution in [1.82, 2.24) is 25.8 Å². The van der Waals surface area contributed by atoms with Crippen molar-refractivity contribution in [3.05, 3.63) is 35.9 Å². The van der Waals surface area contributed by atoms with Crippen LogP contribution < -0.4 is 16.0 Å². The van der Waals surface area contributed by atoms with E-state index in [1.807, 2.05) is 71.9 Å². The van der Waals surface area contributed by atoms with Gasteiger partial charge in [0.05, 0.1) is 54.8 Å². The van der Waals surface area contributed by atoms with Crippen molar-refractivity contribution in [2.24, 2.45) is 23.7 Å². The van der Waals surface area contributed by atoms with Crippen LogP contribution in [-0.4, -0.2) is 116 Å². The number of methoxy groups -OCH3 is 2. The highest BCUT2D eigenvalue weighted by atomic mass is 16.5. The van der Waals surface area contributed by atoms with E-state index in [2.05, 4.69) is 16.0 Å². The van der Waals surface area contributed by atoms with Gasteiger partial charge in [-0.25, -0.2) is 0 Å². The number of ether oxygens (including phenoxy) is 2. The maximum absolute atomic E-state index is 14.3. The van der Waals surface area contributed by atoms with E-state index in [1.54, 1.807) is 52.0 Å². The lowest BCUT2D eigenvalue weighted by Gasteiger charge is -2.41. The number of carbonyl (C=O) groups excluding carboxylic acids is 4. The average Bonchev–Trinajstić information content (AvgIpc) is 3.62. The molecule has 1 heterocycles. The molecule has 11 atom stereocenters. The number of nitrogens with zero attached hydrogens (tertiary/aromatic N) is 2. The topological polar surface area (TPSA) is 150 Å². The number of nitrogens with one attached hydrogen (secondary N) is 3. The quantitative estimate of drug-likeness (QED) is 0.149. The molecular weight excluding hydrogens is 662 g/mol. The zero-order valence-electron chi connectivity index (χ0n) is 33.8. The molecule has 1 aliphatic heterocycles. The molecule has 1 aliphatic rings. The van der Waals surface area contributed by atoms with Gasteiger partial charge in [-0.3, -0.25) is 19.2 Å². The molecule has 0 unspecified atom stereocenters. The summed E-state index contributed by atoms with van der Waals surface area (Å²) in [6.45, 7) is 16.0. The Bertz CT molecular complexity index is 1270. The Morgan fingerprint density at radius 2 is 1.52 bits per heavy atom. The second kappa shape index (κ2) is 21.6. The van der Waals surface area contributed by atoms with Crippen LogP contribution in [0.4, 0.5) is 0 Å². The van der Waals surface area contributed by atoms with E-state index in [0.29, 0.717) is 24.9 Å². The molecule has 0 saturated carbocycles. The third-order valence-electron chi connectivity index (χ3n) is 11.3. The number of amides is 4. The third-order valence-corrected chi connectivity index (χ3v) is 11.3. The normalized spacial score (nSPS) is 20.5. The van der Waals surface area contributed by atoms with Crippen LogP contribution in [0.2, 0.25) is 0 Å². The van der Waals surface area contributed by atoms with Gasteiger partial charge in [-0.15, -0.1) is 0 Å². The largest absolute Gasteiger partial charge is 0.386 e. The van der Waals surface area contributed by atoms with Gasteiger partial charge < -0.3 is 40.3 Å². The van der Waals surface area contributed by atoms with E-state index in [0.717, 1.165) is 12.8 Å². The van der Waals surface area contributed by atoms with Gasteiger partial charge in [-0.05, 0) is 50.1 Å². The van der Waals surface area contributed by atoms with Gasteiger partial charge in [-0.2, -0.15) is 0 Å². The Labute approximate surface area is 313 Å². The van der Waals surface area contributed by atoms with Crippen molar-refractivity contribution >= 4 is 23.6 Å². The van der Waals surface area contributed by atoms with Crippen LogP contribution in [0.1, 0.15) is 99.2 Å². The highest BCUT2D eigenvalue weighted by Crippen LogP contribution is 2.30. The molecule has 4 amide bonds. The van der Waals surface area contributed by atoms with Gasteiger partial charge in [0.25, 0.3) is 0 Å². The van der Waals surface area contributed by atoms with Crippen LogP contribution in [0.15, 0.2) is 30.3 Å². The van der Waals surface area contributed by atoms with Crippen LogP contribution in [0, 0.1) is 23.7 Å². The van der Waals surface area contributed by atoms with Crippen LogP contribution in [0.25, 0.3) is 0 Å². The molecule has 0 aromatic heterocycles. The second-order valence-corrected chi connectivity index (χ2v) is 15.1. The van der Waals surface area contributed by atoms with E-state index >= 15 is 0 Å². The minimum Gasteiger partial charge on any atom is -0.386 e. The Morgan fingerprint density at radius 3 is 2.04 bits per heavy atom. The number of benzene rings is 1. The summed E-state index contributed by atoms with van der Waals surface area (Å²) in [4.78, 5) is 58.7. The Morgan fingerprint density at radius 1 is 0.904 bits per heavy atom. The molecule has 1 saturated heterocycles. The highest BCUT2D eigenvalue weighted by Gasteiger charge is 2.43. The maximum atomic E-state index is 14.3. The first-order valence-electron chi connectivity index (χ1n) is 19.2. The number of rotatable bonds is 21. The molecule has 296 valence electrons. The monoisotopic (exact) mass is 732 g/mol. The second-order valence-electron chi connectivity index (χ2n) is 15.1. The van der Waals surface area contributed by atoms with Crippen LogP contribution in [0.5, 0.6) is 0 Å². The van der Waals surface area contributed by atoms with Gasteiger partial charge in [0.1, 0.15) is 6.04 Å². The van der Waals surface area contributed by atoms with E-state index < -0.39 is 48.4 Å². The molecular formula is C40H69N5O7. The zero-order chi connectivity index (χ0) is 39.3. The molecule has 0 aliphatic carbocycles. The van der Waals surface area contributed by atoms with E-state index in [1.165, 1.54) is 0 Å². The smallest absolute Gasteiger partial charge is 0.245 e. The number of aliphatic hydroxyl groups excluding tert-OH is 1. The first-order valence-corrected chi connectivity index (χ1v) is 19.2. The van der Waals surface area contributed by atoms with Crippen molar-refractivity contribution in [3.8, 4) is 0 Å². The number of hydrogen-bond donors (Lipinski definition) is 4. The Hall–Kier alpha value is -3.06. The van der Waals surface area contributed by atoms with Crippen LogP contribution in [-0.2, 0) is 28.7 Å². The molecule has 1 aromatic rings. The standard InChI is InChI=1S/C40H69N5O7/c1-13-25(5)34(43-39(49)33(41-9)24(3)4)40(50)44(10)35(26(6)14-2)31(51-11)23-32(46)45-22-18-21-30(45)37(52-12)27(7)38(48)42-28(8)36(47)29-19-16-15-17-20-29/h15-17,19-20,24-28,30-31,33-37,41,47H,13-14,18,21-23H2,1-12H3,(H,42,48)(H,43,49)/t25-,26-,27+,28+,30-,31+,33+,34-,35-,36+,37+/m0/s1. The zero-order valence-corrected chi connectivity index (χ0v) is 33.8. The van der Waals surface area contributed by atoms with Gasteiger partial charge in [-0.1, -0.05) is 91.6 Å². The number of likely N-dealkylation sites (tertiary alicyclic amines) is 1. The maximum Gasteiger partial charge on any atom is 0.245 e. The van der Waals surface area contributed by atoms with Crippen LogP contribution in [0.3, 0.4) is 0 Å². The van der Waals surface area contributed by atoms with Crippen molar-refractivity contribution in [2.45, 2.75) is 136 Å².